The Labute approximate surface area is 167 Å². The van der Waals surface area contributed by atoms with E-state index in [1.807, 2.05) is 0 Å². The van der Waals surface area contributed by atoms with Crippen molar-refractivity contribution < 1.29 is 0 Å². The molecule has 1 aliphatic heterocycles. The zero-order valence-electron chi connectivity index (χ0n) is 16.8. The Hall–Kier alpha value is -2.71. The maximum Gasteiger partial charge on any atom is 0.115 e. The molecule has 0 spiro atoms. The predicted octanol–water partition coefficient (Wildman–Crippen LogP) is 5.34. The Morgan fingerprint density at radius 1 is 0.750 bits per heavy atom. The molecule has 2 heteroatoms. The smallest absolute Gasteiger partial charge is 0.115 e. The fraction of sp³-hybridized carbons (Fsp3) is 0.192. The molecule has 4 aromatic rings. The molecular weight excluding hydrogens is 354 g/mol. The van der Waals surface area contributed by atoms with Crippen LogP contribution in [0.25, 0.3) is 33.3 Å². The molecule has 0 bridgehead atoms. The first-order chi connectivity index (χ1) is 13.4. The van der Waals surface area contributed by atoms with Crippen molar-refractivity contribution in [2.45, 2.75) is 32.4 Å². The van der Waals surface area contributed by atoms with E-state index in [0.29, 0.717) is 0 Å². The Morgan fingerprint density at radius 2 is 1.46 bits per heavy atom. The number of aromatic nitrogens is 1. The zero-order chi connectivity index (χ0) is 19.3. The zero-order valence-corrected chi connectivity index (χ0v) is 17.8. The van der Waals surface area contributed by atoms with Crippen LogP contribution in [0.3, 0.4) is 0 Å². The van der Waals surface area contributed by atoms with Crippen molar-refractivity contribution in [3.63, 3.8) is 0 Å². The lowest BCUT2D eigenvalue weighted by molar-refractivity contribution is 0.660. The van der Waals surface area contributed by atoms with E-state index in [0.717, 1.165) is 5.52 Å². The van der Waals surface area contributed by atoms with Gasteiger partial charge in [-0.05, 0) is 38.7 Å². The number of nitrogens with zero attached hydrogens (tertiary/aromatic N) is 1. The lowest BCUT2D eigenvalue weighted by Gasteiger charge is -2.28. The van der Waals surface area contributed by atoms with Crippen LogP contribution in [0.1, 0.15) is 25.0 Å². The van der Waals surface area contributed by atoms with E-state index in [1.54, 1.807) is 5.19 Å². The molecule has 1 aliphatic carbocycles. The molecule has 1 nitrogen and oxygen atoms in total. The van der Waals surface area contributed by atoms with Crippen LogP contribution in [0.4, 0.5) is 0 Å². The summed E-state index contributed by atoms with van der Waals surface area (Å²) in [5.41, 5.74) is 9.49. The van der Waals surface area contributed by atoms with Gasteiger partial charge in [0.2, 0.25) is 0 Å². The first kappa shape index (κ1) is 16.3. The van der Waals surface area contributed by atoms with E-state index >= 15 is 0 Å². The minimum Gasteiger partial charge on any atom is -0.248 e. The minimum absolute atomic E-state index is 0.0372. The second kappa shape index (κ2) is 5.01. The van der Waals surface area contributed by atoms with Crippen LogP contribution in [0, 0.1) is 0 Å². The third kappa shape index (κ3) is 1.79. The third-order valence-electron chi connectivity index (χ3n) is 7.05. The van der Waals surface area contributed by atoms with Gasteiger partial charge < -0.3 is 0 Å². The number of fused-ring (bicyclic) bond motifs is 3. The molecule has 0 N–H and O–H groups in total. The lowest BCUT2D eigenvalue weighted by atomic mass is 9.82. The second-order valence-electron chi connectivity index (χ2n) is 9.28. The van der Waals surface area contributed by atoms with E-state index in [-0.39, 0.29) is 5.41 Å². The molecule has 0 saturated carbocycles. The average Bonchev–Trinajstić information content (AvgIpc) is 2.90. The van der Waals surface area contributed by atoms with Crippen molar-refractivity contribution in [2.75, 3.05) is 0 Å². The van der Waals surface area contributed by atoms with Crippen LogP contribution in [0.15, 0.2) is 66.7 Å². The van der Waals surface area contributed by atoms with Gasteiger partial charge in [0, 0.05) is 16.4 Å². The highest BCUT2D eigenvalue weighted by Crippen LogP contribution is 2.52. The summed E-state index contributed by atoms with van der Waals surface area (Å²) in [5, 5.41) is 4.26. The van der Waals surface area contributed by atoms with Gasteiger partial charge >= 0.3 is 0 Å². The van der Waals surface area contributed by atoms with Gasteiger partial charge in [-0.15, -0.1) is 0 Å². The Kier molecular flexibility index (Phi) is 2.91. The SMILES string of the molecule is CC1(C)c2cccc3c2-c2c1cccc2[Si](C)(C)c1cc2ccccc2nc1-3. The summed E-state index contributed by atoms with van der Waals surface area (Å²) in [6, 6.07) is 24.8. The highest BCUT2D eigenvalue weighted by molar-refractivity contribution is 7.02. The largest absolute Gasteiger partial charge is 0.248 e. The summed E-state index contributed by atoms with van der Waals surface area (Å²) in [4.78, 5) is 5.24. The minimum atomic E-state index is -1.92. The molecule has 6 rings (SSSR count). The molecule has 1 aromatic heterocycles. The summed E-state index contributed by atoms with van der Waals surface area (Å²) in [7, 11) is -1.92. The summed E-state index contributed by atoms with van der Waals surface area (Å²) in [5.74, 6) is 0. The molecule has 28 heavy (non-hydrogen) atoms. The van der Waals surface area contributed by atoms with Crippen LogP contribution >= 0.6 is 0 Å². The monoisotopic (exact) mass is 377 g/mol. The Bertz CT molecular complexity index is 1310. The standard InChI is InChI=1S/C26H23NSi/c1-26(2)18-11-7-10-17-23(18)24-19(26)12-8-14-21(24)28(3,4)22-15-16-9-5-6-13-20(16)27-25(17)22/h5-15H,1-4H3. The van der Waals surface area contributed by atoms with Gasteiger partial charge in [0.05, 0.1) is 11.2 Å². The van der Waals surface area contributed by atoms with Crippen molar-refractivity contribution in [2.24, 2.45) is 0 Å². The molecule has 0 atom stereocenters. The van der Waals surface area contributed by atoms with E-state index in [4.69, 9.17) is 4.98 Å². The summed E-state index contributed by atoms with van der Waals surface area (Å²) >= 11 is 0. The molecule has 0 fully saturated rings. The molecular formula is C26H23NSi. The molecule has 2 aliphatic rings. The van der Waals surface area contributed by atoms with Crippen molar-refractivity contribution in [3.8, 4) is 22.4 Å². The Balaban J connectivity index is 1.88. The molecule has 0 amide bonds. The summed E-state index contributed by atoms with van der Waals surface area (Å²) < 4.78 is 0. The van der Waals surface area contributed by atoms with Gasteiger partial charge in [-0.3, -0.25) is 0 Å². The highest BCUT2D eigenvalue weighted by Gasteiger charge is 2.44. The molecule has 3 aromatic carbocycles. The van der Waals surface area contributed by atoms with E-state index in [9.17, 15) is 0 Å². The van der Waals surface area contributed by atoms with Crippen LogP contribution in [-0.2, 0) is 5.41 Å². The highest BCUT2D eigenvalue weighted by atomic mass is 28.3. The van der Waals surface area contributed by atoms with Crippen LogP contribution in [0.5, 0.6) is 0 Å². The maximum absolute atomic E-state index is 5.24. The van der Waals surface area contributed by atoms with E-state index in [2.05, 4.69) is 93.7 Å². The second-order valence-corrected chi connectivity index (χ2v) is 13.6. The lowest BCUT2D eigenvalue weighted by Crippen LogP contribution is -2.54. The van der Waals surface area contributed by atoms with Gasteiger partial charge in [-0.1, -0.05) is 87.6 Å². The number of para-hydroxylation sites is 1. The fourth-order valence-electron chi connectivity index (χ4n) is 5.49. The molecule has 0 radical (unpaired) electrons. The first-order valence-corrected chi connectivity index (χ1v) is 13.1. The number of rotatable bonds is 0. The first-order valence-electron chi connectivity index (χ1n) is 10.1. The van der Waals surface area contributed by atoms with Crippen molar-refractivity contribution in [1.82, 2.24) is 4.98 Å². The van der Waals surface area contributed by atoms with E-state index < -0.39 is 8.07 Å². The van der Waals surface area contributed by atoms with Crippen molar-refractivity contribution in [3.05, 3.63) is 77.9 Å². The van der Waals surface area contributed by atoms with Gasteiger partial charge in [0.15, 0.2) is 0 Å². The van der Waals surface area contributed by atoms with Gasteiger partial charge in [0.25, 0.3) is 0 Å². The molecule has 136 valence electrons. The number of hydrogen-bond acceptors (Lipinski definition) is 1. The topological polar surface area (TPSA) is 12.9 Å². The normalized spacial score (nSPS) is 17.1. The van der Waals surface area contributed by atoms with Crippen LogP contribution in [-0.4, -0.2) is 13.1 Å². The molecule has 2 heterocycles. The third-order valence-corrected chi connectivity index (χ3v) is 10.5. The van der Waals surface area contributed by atoms with Gasteiger partial charge in [0.1, 0.15) is 8.07 Å². The number of hydrogen-bond donors (Lipinski definition) is 0. The van der Waals surface area contributed by atoms with Crippen LogP contribution < -0.4 is 10.4 Å². The van der Waals surface area contributed by atoms with E-state index in [1.165, 1.54) is 44.1 Å². The average molecular weight is 378 g/mol. The quantitative estimate of drug-likeness (QED) is 0.377. The summed E-state index contributed by atoms with van der Waals surface area (Å²) in [6.07, 6.45) is 0. The molecule has 0 unspecified atom stereocenters. The van der Waals surface area contributed by atoms with Crippen LogP contribution in [0.2, 0.25) is 13.1 Å². The predicted molar refractivity (Wildman–Crippen MR) is 121 cm³/mol. The van der Waals surface area contributed by atoms with Gasteiger partial charge in [-0.25, -0.2) is 4.98 Å². The van der Waals surface area contributed by atoms with Gasteiger partial charge in [-0.2, -0.15) is 0 Å². The Morgan fingerprint density at radius 3 is 2.29 bits per heavy atom. The number of benzene rings is 3. The maximum atomic E-state index is 5.24. The van der Waals surface area contributed by atoms with Crippen molar-refractivity contribution >= 4 is 29.4 Å². The number of pyridine rings is 1. The van der Waals surface area contributed by atoms with Crippen molar-refractivity contribution in [1.29, 1.82) is 0 Å². The summed E-state index contributed by atoms with van der Waals surface area (Å²) in [6.45, 7) is 9.73. The molecule has 0 saturated heterocycles. The fourth-order valence-corrected chi connectivity index (χ4v) is 8.48.